The van der Waals surface area contributed by atoms with Gasteiger partial charge < -0.3 is 0 Å². The Morgan fingerprint density at radius 2 is 1.50 bits per heavy atom. The van der Waals surface area contributed by atoms with Gasteiger partial charge in [0, 0.05) is 12.4 Å². The van der Waals surface area contributed by atoms with Crippen LogP contribution in [0.5, 0.6) is 0 Å². The third-order valence-electron chi connectivity index (χ3n) is 4.41. The molecule has 0 unspecified atom stereocenters. The largest absolute Gasteiger partial charge is 0.265 e. The van der Waals surface area contributed by atoms with E-state index in [9.17, 15) is 0 Å². The fourth-order valence-electron chi connectivity index (χ4n) is 2.99. The second-order valence-electron chi connectivity index (χ2n) is 6.41. The van der Waals surface area contributed by atoms with Gasteiger partial charge in [0.25, 0.3) is 0 Å². The molecule has 0 saturated carbocycles. The van der Waals surface area contributed by atoms with Gasteiger partial charge in [-0.05, 0) is 41.5 Å². The van der Waals surface area contributed by atoms with E-state index in [-0.39, 0.29) is 0 Å². The van der Waals surface area contributed by atoms with E-state index in [0.717, 1.165) is 5.92 Å². The Kier molecular flexibility index (Phi) is 9.42. The lowest BCUT2D eigenvalue weighted by Gasteiger charge is -2.28. The van der Waals surface area contributed by atoms with Gasteiger partial charge in [0.15, 0.2) is 0 Å². The molecular weight excluding hydrogens is 306 g/mol. The van der Waals surface area contributed by atoms with E-state index in [1.165, 1.54) is 74.9 Å². The summed E-state index contributed by atoms with van der Waals surface area (Å²) in [4.78, 5) is 4.12. The lowest BCUT2D eigenvalue weighted by atomic mass is 10.0. The number of aromatic nitrogens is 1. The molecule has 0 amide bonds. The zero-order valence-corrected chi connectivity index (χ0v) is 15.6. The van der Waals surface area contributed by atoms with Gasteiger partial charge in [0.2, 0.25) is 0 Å². The van der Waals surface area contributed by atoms with Crippen LogP contribution in [0.4, 0.5) is 0 Å². The Labute approximate surface area is 145 Å². The molecule has 1 aliphatic rings. The van der Waals surface area contributed by atoms with Crippen LogP contribution >= 0.6 is 23.5 Å². The summed E-state index contributed by atoms with van der Waals surface area (Å²) in [6.07, 6.45) is 16.8. The summed E-state index contributed by atoms with van der Waals surface area (Å²) >= 11 is 4.27. The van der Waals surface area contributed by atoms with Gasteiger partial charge in [-0.25, -0.2) is 0 Å². The number of rotatable bonds is 10. The predicted molar refractivity (Wildman–Crippen MR) is 103 cm³/mol. The van der Waals surface area contributed by atoms with E-state index in [1.54, 1.807) is 0 Å². The summed E-state index contributed by atoms with van der Waals surface area (Å²) in [5, 5.41) is 0. The minimum absolute atomic E-state index is 0.637. The second kappa shape index (κ2) is 11.4. The highest BCUT2D eigenvalue weighted by molar-refractivity contribution is 8.16. The average Bonchev–Trinajstić information content (AvgIpc) is 2.59. The molecule has 1 nitrogen and oxygen atoms in total. The first-order valence-corrected chi connectivity index (χ1v) is 11.1. The zero-order valence-electron chi connectivity index (χ0n) is 14.0. The van der Waals surface area contributed by atoms with Crippen LogP contribution in [0.2, 0.25) is 0 Å². The highest BCUT2D eigenvalue weighted by Gasteiger charge is 2.22. The molecule has 2 rings (SSSR count). The number of pyridine rings is 1. The lowest BCUT2D eigenvalue weighted by molar-refractivity contribution is 0.516. The van der Waals surface area contributed by atoms with Crippen molar-refractivity contribution in [1.82, 2.24) is 4.98 Å². The Morgan fingerprint density at radius 1 is 0.909 bits per heavy atom. The van der Waals surface area contributed by atoms with E-state index in [0.29, 0.717) is 4.58 Å². The second-order valence-corrected chi connectivity index (χ2v) is 8.98. The van der Waals surface area contributed by atoms with Crippen LogP contribution in [0.25, 0.3) is 0 Å². The minimum Gasteiger partial charge on any atom is -0.265 e. The number of hydrogen-bond donors (Lipinski definition) is 0. The van der Waals surface area contributed by atoms with Crippen LogP contribution in [0, 0.1) is 5.92 Å². The van der Waals surface area contributed by atoms with Crippen LogP contribution in [0.3, 0.4) is 0 Å². The molecule has 0 atom stereocenters. The van der Waals surface area contributed by atoms with Crippen molar-refractivity contribution in [2.24, 2.45) is 5.92 Å². The van der Waals surface area contributed by atoms with Gasteiger partial charge in [-0.3, -0.25) is 4.98 Å². The topological polar surface area (TPSA) is 12.9 Å². The molecule has 1 aliphatic heterocycles. The molecule has 22 heavy (non-hydrogen) atoms. The van der Waals surface area contributed by atoms with Crippen LogP contribution in [0.15, 0.2) is 24.5 Å². The monoisotopic (exact) mass is 337 g/mol. The molecule has 1 fully saturated rings. The van der Waals surface area contributed by atoms with Crippen LogP contribution in [-0.2, 0) is 0 Å². The highest BCUT2D eigenvalue weighted by atomic mass is 32.2. The SMILES string of the molecule is CCCCCCCCCCC1CSC(c2ccncc2)SC1. The Balaban J connectivity index is 1.49. The molecule has 0 bridgehead atoms. The highest BCUT2D eigenvalue weighted by Crippen LogP contribution is 2.46. The van der Waals surface area contributed by atoms with Crippen LogP contribution in [0.1, 0.15) is 74.9 Å². The summed E-state index contributed by atoms with van der Waals surface area (Å²) in [5.74, 6) is 3.63. The molecular formula is C19H31NS2. The molecule has 1 aromatic heterocycles. The summed E-state index contributed by atoms with van der Waals surface area (Å²) in [6.45, 7) is 2.29. The molecule has 0 radical (unpaired) electrons. The van der Waals surface area contributed by atoms with Gasteiger partial charge in [-0.1, -0.05) is 58.3 Å². The van der Waals surface area contributed by atoms with Crippen molar-refractivity contribution in [2.75, 3.05) is 11.5 Å². The van der Waals surface area contributed by atoms with E-state index in [2.05, 4.69) is 47.6 Å². The number of unbranched alkanes of at least 4 members (excludes halogenated alkanes) is 7. The minimum atomic E-state index is 0.637. The first-order valence-electron chi connectivity index (χ1n) is 9.03. The van der Waals surface area contributed by atoms with Gasteiger partial charge >= 0.3 is 0 Å². The van der Waals surface area contributed by atoms with Gasteiger partial charge in [0.1, 0.15) is 0 Å². The fraction of sp³-hybridized carbons (Fsp3) is 0.737. The third-order valence-corrected chi connectivity index (χ3v) is 7.70. The van der Waals surface area contributed by atoms with Crippen LogP contribution in [-0.4, -0.2) is 16.5 Å². The van der Waals surface area contributed by atoms with Crippen molar-refractivity contribution in [3.05, 3.63) is 30.1 Å². The Hall–Kier alpha value is -0.150. The van der Waals surface area contributed by atoms with Crippen molar-refractivity contribution in [2.45, 2.75) is 69.3 Å². The third kappa shape index (κ3) is 6.95. The Bertz CT molecular complexity index is 374. The molecule has 1 saturated heterocycles. The normalized spacial score (nSPS) is 21.9. The predicted octanol–water partition coefficient (Wildman–Crippen LogP) is 6.71. The first-order chi connectivity index (χ1) is 10.9. The van der Waals surface area contributed by atoms with Crippen molar-refractivity contribution >= 4 is 23.5 Å². The maximum Gasteiger partial charge on any atom is 0.0752 e. The molecule has 0 spiro atoms. The molecule has 0 aromatic carbocycles. The van der Waals surface area contributed by atoms with Gasteiger partial charge in [-0.2, -0.15) is 0 Å². The summed E-state index contributed by atoms with van der Waals surface area (Å²) in [6, 6.07) is 4.34. The van der Waals surface area contributed by atoms with E-state index < -0.39 is 0 Å². The summed E-state index contributed by atoms with van der Waals surface area (Å²) in [7, 11) is 0. The van der Waals surface area contributed by atoms with E-state index in [4.69, 9.17) is 0 Å². The standard InChI is InChI=1S/C19H31NS2/c1-2-3-4-5-6-7-8-9-10-17-15-21-19(22-16-17)18-11-13-20-14-12-18/h11-14,17,19H,2-10,15-16H2,1H3. The number of nitrogens with zero attached hydrogens (tertiary/aromatic N) is 1. The molecule has 1 aromatic rings. The number of thioether (sulfide) groups is 2. The van der Waals surface area contributed by atoms with Crippen molar-refractivity contribution in [1.29, 1.82) is 0 Å². The smallest absolute Gasteiger partial charge is 0.0752 e. The summed E-state index contributed by atoms with van der Waals surface area (Å²) < 4.78 is 0.637. The Morgan fingerprint density at radius 3 is 2.14 bits per heavy atom. The summed E-state index contributed by atoms with van der Waals surface area (Å²) in [5.41, 5.74) is 1.44. The molecule has 0 N–H and O–H groups in total. The molecule has 2 heterocycles. The number of hydrogen-bond acceptors (Lipinski definition) is 3. The van der Waals surface area contributed by atoms with Crippen molar-refractivity contribution in [3.8, 4) is 0 Å². The quantitative estimate of drug-likeness (QED) is 0.440. The van der Waals surface area contributed by atoms with E-state index in [1.807, 2.05) is 12.4 Å². The van der Waals surface area contributed by atoms with Crippen LogP contribution < -0.4 is 0 Å². The lowest BCUT2D eigenvalue weighted by Crippen LogP contribution is -2.14. The first kappa shape index (κ1) is 18.2. The molecule has 3 heteroatoms. The molecule has 0 aliphatic carbocycles. The average molecular weight is 338 g/mol. The zero-order chi connectivity index (χ0) is 15.5. The maximum absolute atomic E-state index is 4.12. The van der Waals surface area contributed by atoms with Crippen molar-refractivity contribution < 1.29 is 0 Å². The molecule has 124 valence electrons. The van der Waals surface area contributed by atoms with Gasteiger partial charge in [0.05, 0.1) is 4.58 Å². The fourth-order valence-corrected chi connectivity index (χ4v) is 6.16. The van der Waals surface area contributed by atoms with E-state index >= 15 is 0 Å². The van der Waals surface area contributed by atoms with Crippen molar-refractivity contribution in [3.63, 3.8) is 0 Å². The van der Waals surface area contributed by atoms with Gasteiger partial charge in [-0.15, -0.1) is 23.5 Å². The maximum atomic E-state index is 4.12.